The first-order chi connectivity index (χ1) is 24.6. The summed E-state index contributed by atoms with van der Waals surface area (Å²) < 4.78 is 68.7. The van der Waals surface area contributed by atoms with Gasteiger partial charge in [0.15, 0.2) is 11.5 Å². The highest BCUT2D eigenvalue weighted by Gasteiger charge is 2.24. The number of thioether (sulfide) groups is 1. The second-order valence-electron chi connectivity index (χ2n) is 11.3. The van der Waals surface area contributed by atoms with Crippen molar-refractivity contribution in [2.45, 2.75) is 20.4 Å². The van der Waals surface area contributed by atoms with Crippen LogP contribution in [-0.2, 0) is 26.0 Å². The molecule has 18 heteroatoms. The fraction of sp³-hybridized carbons (Fsp3) is 0.0588. The zero-order valence-corrected chi connectivity index (χ0v) is 30.2. The Morgan fingerprint density at radius 3 is 1.79 bits per heavy atom. The van der Waals surface area contributed by atoms with Crippen LogP contribution >= 0.6 is 24.4 Å². The Hall–Kier alpha value is -5.24. The molecule has 0 fully saturated rings. The molecule has 0 atom stereocenters. The number of phenolic OH excluding ortho intramolecular Hbond substituents is 2. The third-order valence-electron chi connectivity index (χ3n) is 7.99. The van der Waals surface area contributed by atoms with Crippen LogP contribution in [0.3, 0.4) is 0 Å². The molecule has 52 heavy (non-hydrogen) atoms. The lowest BCUT2D eigenvalue weighted by molar-refractivity contribution is 0.471. The van der Waals surface area contributed by atoms with Crippen molar-refractivity contribution >= 4 is 100 Å². The Morgan fingerprint density at radius 1 is 0.635 bits per heavy atom. The summed E-state index contributed by atoms with van der Waals surface area (Å²) in [5.41, 5.74) is 14.2. The molecule has 0 saturated carbocycles. The number of rotatable bonds is 9. The summed E-state index contributed by atoms with van der Waals surface area (Å²) in [7, 11) is -9.61. The van der Waals surface area contributed by atoms with E-state index in [-0.39, 0.29) is 21.9 Å². The quantitative estimate of drug-likeness (QED) is 0.0240. The Labute approximate surface area is 306 Å². The van der Waals surface area contributed by atoms with Crippen LogP contribution in [0.5, 0.6) is 11.5 Å². The molecular weight excluding hydrogens is 749 g/mol. The molecule has 6 rings (SSSR count). The van der Waals surface area contributed by atoms with E-state index in [0.29, 0.717) is 38.6 Å². The molecule has 0 unspecified atom stereocenters. The summed E-state index contributed by atoms with van der Waals surface area (Å²) in [6.45, 7) is 0. The average Bonchev–Trinajstić information content (AvgIpc) is 3.09. The van der Waals surface area contributed by atoms with Gasteiger partial charge in [0, 0.05) is 32.8 Å². The van der Waals surface area contributed by atoms with Gasteiger partial charge in [0.05, 0.1) is 11.4 Å². The molecule has 0 saturated heterocycles. The predicted molar refractivity (Wildman–Crippen MR) is 204 cm³/mol. The predicted octanol–water partition coefficient (Wildman–Crippen LogP) is 8.71. The maximum Gasteiger partial charge on any atom is 0.296 e. The van der Waals surface area contributed by atoms with Gasteiger partial charge in [-0.05, 0) is 100 Å². The van der Waals surface area contributed by atoms with E-state index in [9.17, 15) is 36.2 Å². The molecule has 0 aromatic heterocycles. The molecule has 0 amide bonds. The molecule has 0 heterocycles. The number of thiol groups is 1. The largest absolute Gasteiger partial charge is 0.505 e. The van der Waals surface area contributed by atoms with Crippen molar-refractivity contribution in [2.24, 2.45) is 20.5 Å². The molecule has 0 spiro atoms. The fourth-order valence-electron chi connectivity index (χ4n) is 5.45. The van der Waals surface area contributed by atoms with E-state index in [2.05, 4.69) is 33.1 Å². The number of nitrogen functional groups attached to an aromatic ring is 2. The molecule has 0 aliphatic heterocycles. The number of anilines is 2. The van der Waals surface area contributed by atoms with Crippen LogP contribution in [0.25, 0.3) is 32.7 Å². The third-order valence-corrected chi connectivity index (χ3v) is 10.8. The number of azo groups is 2. The number of hydrogen-bond acceptors (Lipinski definition) is 14. The van der Waals surface area contributed by atoms with Crippen LogP contribution in [0.2, 0.25) is 0 Å². The van der Waals surface area contributed by atoms with Crippen LogP contribution in [0.1, 0.15) is 5.56 Å². The van der Waals surface area contributed by atoms with Gasteiger partial charge in [0.25, 0.3) is 20.2 Å². The van der Waals surface area contributed by atoms with E-state index < -0.39 is 52.9 Å². The standard InChI is InChI=1S/C34H28N6O8S4/c1-50-28-12-18(4-9-27(28)38-40-31-30(52(46,47)48)14-20-11-22(35)6-7-24(20)33(31)41)17-3-8-26(21(10-17)16-49)37-39-32-29(51(43,44)45)13-19-2-5-23(36)15-25(19)34(32)42/h2-15,41-42,49H,16,35-36H2,1H3,(H,43,44,45)(H,46,47,48). The summed E-state index contributed by atoms with van der Waals surface area (Å²) in [6.07, 6.45) is 1.81. The van der Waals surface area contributed by atoms with Gasteiger partial charge in [-0.3, -0.25) is 9.11 Å². The van der Waals surface area contributed by atoms with Crippen LogP contribution in [0, 0.1) is 0 Å². The minimum absolute atomic E-state index is 0.202. The zero-order valence-electron chi connectivity index (χ0n) is 26.8. The SMILES string of the molecule is CSc1cc(-c2ccc(N=Nc3c(S(=O)(=O)O)cc4ccc(N)cc4c3O)c(CS)c2)ccc1N=Nc1c(S(=O)(=O)O)cc2cc(N)ccc2c1O. The van der Waals surface area contributed by atoms with Crippen LogP contribution in [0.15, 0.2) is 120 Å². The average molecular weight is 777 g/mol. The van der Waals surface area contributed by atoms with E-state index in [1.54, 1.807) is 36.6 Å². The van der Waals surface area contributed by atoms with Gasteiger partial charge in [0.2, 0.25) is 0 Å². The minimum atomic E-state index is -4.81. The lowest BCUT2D eigenvalue weighted by Gasteiger charge is -2.11. The first kappa shape index (κ1) is 36.5. The number of phenols is 2. The smallest absolute Gasteiger partial charge is 0.296 e. The number of aromatic hydroxyl groups is 2. The van der Waals surface area contributed by atoms with Gasteiger partial charge in [-0.15, -0.1) is 27.1 Å². The molecule has 14 nitrogen and oxygen atoms in total. The van der Waals surface area contributed by atoms with E-state index >= 15 is 0 Å². The lowest BCUT2D eigenvalue weighted by Crippen LogP contribution is -1.99. The van der Waals surface area contributed by atoms with Crippen molar-refractivity contribution in [2.75, 3.05) is 17.7 Å². The minimum Gasteiger partial charge on any atom is -0.505 e. The first-order valence-electron chi connectivity index (χ1n) is 14.9. The maximum absolute atomic E-state index is 12.2. The first-order valence-corrected chi connectivity index (χ1v) is 19.6. The van der Waals surface area contributed by atoms with Crippen LogP contribution in [0.4, 0.5) is 34.1 Å². The van der Waals surface area contributed by atoms with E-state index in [4.69, 9.17) is 11.5 Å². The van der Waals surface area contributed by atoms with Gasteiger partial charge < -0.3 is 21.7 Å². The van der Waals surface area contributed by atoms with E-state index in [1.807, 2.05) is 6.07 Å². The number of benzene rings is 6. The maximum atomic E-state index is 12.2. The topological polar surface area (TPSA) is 251 Å². The van der Waals surface area contributed by atoms with Crippen molar-refractivity contribution in [3.8, 4) is 22.6 Å². The number of nitrogens with two attached hydrogens (primary N) is 2. The third kappa shape index (κ3) is 7.25. The molecule has 0 radical (unpaired) electrons. The highest BCUT2D eigenvalue weighted by atomic mass is 32.2. The Morgan fingerprint density at radius 2 is 1.17 bits per heavy atom. The van der Waals surface area contributed by atoms with Crippen molar-refractivity contribution in [3.05, 3.63) is 90.5 Å². The highest BCUT2D eigenvalue weighted by Crippen LogP contribution is 2.44. The lowest BCUT2D eigenvalue weighted by atomic mass is 10.0. The second kappa shape index (κ2) is 14.1. The highest BCUT2D eigenvalue weighted by molar-refractivity contribution is 7.98. The van der Waals surface area contributed by atoms with Gasteiger partial charge in [0.1, 0.15) is 21.2 Å². The number of nitrogens with zero attached hydrogens (tertiary/aromatic N) is 4. The van der Waals surface area contributed by atoms with Crippen molar-refractivity contribution < 1.29 is 36.2 Å². The molecule has 0 aliphatic rings. The van der Waals surface area contributed by atoms with Crippen molar-refractivity contribution in [1.82, 2.24) is 0 Å². The van der Waals surface area contributed by atoms with E-state index in [1.165, 1.54) is 54.2 Å². The monoisotopic (exact) mass is 776 g/mol. The molecule has 6 aromatic rings. The zero-order chi connectivity index (χ0) is 37.5. The molecule has 6 aromatic carbocycles. The molecular formula is C34H28N6O8S4. The number of hydrogen-bond donors (Lipinski definition) is 7. The normalized spacial score (nSPS) is 12.5. The molecule has 8 N–H and O–H groups in total. The van der Waals surface area contributed by atoms with Gasteiger partial charge in [-0.2, -0.15) is 34.6 Å². The molecule has 266 valence electrons. The van der Waals surface area contributed by atoms with Gasteiger partial charge >= 0.3 is 0 Å². The Balaban J connectivity index is 1.35. The van der Waals surface area contributed by atoms with Crippen molar-refractivity contribution in [3.63, 3.8) is 0 Å². The Kier molecular flexibility index (Phi) is 9.88. The van der Waals surface area contributed by atoms with Crippen molar-refractivity contribution in [1.29, 1.82) is 0 Å². The second-order valence-corrected chi connectivity index (χ2v) is 15.3. The summed E-state index contributed by atoms with van der Waals surface area (Å²) in [5.74, 6) is -0.822. The fourth-order valence-corrected chi connectivity index (χ4v) is 7.58. The van der Waals surface area contributed by atoms with Gasteiger partial charge in [-0.25, -0.2) is 0 Å². The van der Waals surface area contributed by atoms with Gasteiger partial charge in [-0.1, -0.05) is 18.2 Å². The van der Waals surface area contributed by atoms with E-state index in [0.717, 1.165) is 17.2 Å². The summed E-state index contributed by atoms with van der Waals surface area (Å²) >= 11 is 5.76. The molecule has 0 aliphatic carbocycles. The molecule has 0 bridgehead atoms. The summed E-state index contributed by atoms with van der Waals surface area (Å²) in [6, 6.07) is 21.7. The van der Waals surface area contributed by atoms with Crippen LogP contribution < -0.4 is 11.5 Å². The Bertz CT molecular complexity index is 2720. The number of fused-ring (bicyclic) bond motifs is 2. The van der Waals surface area contributed by atoms with Crippen LogP contribution in [-0.4, -0.2) is 42.4 Å². The summed E-state index contributed by atoms with van der Waals surface area (Å²) in [5, 5.41) is 39.4. The summed E-state index contributed by atoms with van der Waals surface area (Å²) in [4.78, 5) is -0.628.